The molecule has 2 heterocycles. The zero-order chi connectivity index (χ0) is 20.8. The lowest BCUT2D eigenvalue weighted by Gasteiger charge is -2.14. The smallest absolute Gasteiger partial charge is 0.236 e. The minimum Gasteiger partial charge on any atom is -0.497 e. The Balaban J connectivity index is 1.57. The van der Waals surface area contributed by atoms with Gasteiger partial charge in [-0.3, -0.25) is 10.1 Å². The monoisotopic (exact) mass is 434 g/mol. The molecule has 154 valence electrons. The van der Waals surface area contributed by atoms with Gasteiger partial charge in [-0.05, 0) is 25.5 Å². The van der Waals surface area contributed by atoms with Crippen molar-refractivity contribution in [3.8, 4) is 11.5 Å². The molecule has 1 aromatic carbocycles. The van der Waals surface area contributed by atoms with Gasteiger partial charge in [-0.15, -0.1) is 20.4 Å². The first-order valence-corrected chi connectivity index (χ1v) is 10.7. The summed E-state index contributed by atoms with van der Waals surface area (Å²) in [4.78, 5) is 12.1. The molecule has 3 aromatic rings. The second-order valence-corrected chi connectivity index (χ2v) is 8.03. The number of thioether (sulfide) groups is 1. The van der Waals surface area contributed by atoms with Gasteiger partial charge in [-0.1, -0.05) is 36.1 Å². The van der Waals surface area contributed by atoms with Crippen molar-refractivity contribution < 1.29 is 14.3 Å². The lowest BCUT2D eigenvalue weighted by atomic mass is 10.3. The van der Waals surface area contributed by atoms with E-state index in [0.29, 0.717) is 21.9 Å². The summed E-state index contributed by atoms with van der Waals surface area (Å²) in [5.74, 6) is 2.08. The van der Waals surface area contributed by atoms with E-state index < -0.39 is 0 Å². The summed E-state index contributed by atoms with van der Waals surface area (Å²) in [6.45, 7) is 3.89. The van der Waals surface area contributed by atoms with Crippen LogP contribution in [0.3, 0.4) is 0 Å². The van der Waals surface area contributed by atoms with Gasteiger partial charge in [0.05, 0.1) is 12.9 Å². The standard InChI is InChI=1S/C18H22N6O3S2/c1-5-15-20-22-17(29-15)19-14(25)10-28-18-23-21-16(24(18)3)11(2)27-13-8-6-7-12(9-13)26-4/h6-9,11H,5,10H2,1-4H3,(H,19,22,25). The van der Waals surface area contributed by atoms with Crippen LogP contribution in [0.4, 0.5) is 5.13 Å². The highest BCUT2D eigenvalue weighted by Crippen LogP contribution is 2.26. The molecule has 0 aliphatic carbocycles. The lowest BCUT2D eigenvalue weighted by Crippen LogP contribution is -2.14. The molecule has 11 heteroatoms. The predicted molar refractivity (Wildman–Crippen MR) is 112 cm³/mol. The van der Waals surface area contributed by atoms with Crippen molar-refractivity contribution in [2.45, 2.75) is 31.5 Å². The third-order valence-electron chi connectivity index (χ3n) is 3.93. The summed E-state index contributed by atoms with van der Waals surface area (Å²) >= 11 is 2.67. The number of carbonyl (C=O) groups excluding carboxylic acids is 1. The number of benzene rings is 1. The molecule has 1 N–H and O–H groups in total. The molecule has 3 rings (SSSR count). The third kappa shape index (κ3) is 5.45. The van der Waals surface area contributed by atoms with E-state index in [9.17, 15) is 4.79 Å². The van der Waals surface area contributed by atoms with Crippen LogP contribution in [-0.2, 0) is 18.3 Å². The number of nitrogens with one attached hydrogen (secondary N) is 1. The molecule has 0 spiro atoms. The maximum Gasteiger partial charge on any atom is 0.236 e. The topological polar surface area (TPSA) is 104 Å². The molecule has 0 bridgehead atoms. The van der Waals surface area contributed by atoms with E-state index in [0.717, 1.165) is 17.2 Å². The number of ether oxygens (including phenoxy) is 2. The predicted octanol–water partition coefficient (Wildman–Crippen LogP) is 3.11. The van der Waals surface area contributed by atoms with Crippen molar-refractivity contribution in [3.63, 3.8) is 0 Å². The fourth-order valence-corrected chi connectivity index (χ4v) is 3.88. The summed E-state index contributed by atoms with van der Waals surface area (Å²) in [6.07, 6.45) is 0.469. The zero-order valence-electron chi connectivity index (χ0n) is 16.6. The Morgan fingerprint density at radius 2 is 2.07 bits per heavy atom. The van der Waals surface area contributed by atoms with Gasteiger partial charge >= 0.3 is 0 Å². The Morgan fingerprint density at radius 3 is 2.79 bits per heavy atom. The molecule has 1 atom stereocenters. The van der Waals surface area contributed by atoms with Crippen LogP contribution < -0.4 is 14.8 Å². The van der Waals surface area contributed by atoms with Gasteiger partial charge in [0.15, 0.2) is 17.1 Å². The molecular formula is C18H22N6O3S2. The Bertz CT molecular complexity index is 974. The fourth-order valence-electron chi connectivity index (χ4n) is 2.47. The summed E-state index contributed by atoms with van der Waals surface area (Å²) < 4.78 is 13.0. The van der Waals surface area contributed by atoms with E-state index in [1.807, 2.05) is 49.7 Å². The molecule has 0 aliphatic heterocycles. The molecule has 0 fully saturated rings. The SMILES string of the molecule is CCc1nnc(NC(=O)CSc2nnc(C(C)Oc3cccc(OC)c3)n2C)s1. The number of methoxy groups -OCH3 is 1. The lowest BCUT2D eigenvalue weighted by molar-refractivity contribution is -0.113. The number of rotatable bonds is 9. The number of hydrogen-bond acceptors (Lipinski definition) is 9. The number of amides is 1. The number of aromatic nitrogens is 5. The molecule has 9 nitrogen and oxygen atoms in total. The first-order chi connectivity index (χ1) is 14.0. The van der Waals surface area contributed by atoms with E-state index >= 15 is 0 Å². The molecule has 0 radical (unpaired) electrons. The van der Waals surface area contributed by atoms with Crippen LogP contribution in [0.1, 0.15) is 30.8 Å². The zero-order valence-corrected chi connectivity index (χ0v) is 18.2. The molecule has 0 saturated heterocycles. The molecule has 1 amide bonds. The van der Waals surface area contributed by atoms with Gasteiger partial charge in [0.1, 0.15) is 16.5 Å². The Hall–Kier alpha value is -2.66. The van der Waals surface area contributed by atoms with Crippen molar-refractivity contribution in [1.82, 2.24) is 25.0 Å². The van der Waals surface area contributed by atoms with Crippen LogP contribution in [0.15, 0.2) is 29.4 Å². The Kier molecular flexibility index (Phi) is 7.04. The highest BCUT2D eigenvalue weighted by atomic mass is 32.2. The van der Waals surface area contributed by atoms with Crippen molar-refractivity contribution in [3.05, 3.63) is 35.1 Å². The molecule has 0 saturated carbocycles. The minimum atomic E-state index is -0.323. The first kappa shape index (κ1) is 21.1. The van der Waals surface area contributed by atoms with Gasteiger partial charge in [0, 0.05) is 13.1 Å². The van der Waals surface area contributed by atoms with Gasteiger partial charge in [-0.2, -0.15) is 0 Å². The normalized spacial score (nSPS) is 11.9. The molecule has 1 unspecified atom stereocenters. The molecule has 2 aromatic heterocycles. The second-order valence-electron chi connectivity index (χ2n) is 6.03. The average Bonchev–Trinajstić information content (AvgIpc) is 3.32. The minimum absolute atomic E-state index is 0.168. The molecule has 29 heavy (non-hydrogen) atoms. The van der Waals surface area contributed by atoms with Crippen LogP contribution in [0.5, 0.6) is 11.5 Å². The summed E-state index contributed by atoms with van der Waals surface area (Å²) in [7, 11) is 3.46. The maximum atomic E-state index is 12.1. The number of carbonyl (C=O) groups is 1. The number of nitrogens with zero attached hydrogens (tertiary/aromatic N) is 5. The Morgan fingerprint density at radius 1 is 1.28 bits per heavy atom. The number of hydrogen-bond donors (Lipinski definition) is 1. The average molecular weight is 435 g/mol. The second kappa shape index (κ2) is 9.70. The highest BCUT2D eigenvalue weighted by Gasteiger charge is 2.18. The first-order valence-electron chi connectivity index (χ1n) is 8.95. The van der Waals surface area contributed by atoms with Crippen LogP contribution in [0.25, 0.3) is 0 Å². The largest absolute Gasteiger partial charge is 0.497 e. The van der Waals surface area contributed by atoms with Crippen LogP contribution in [0, 0.1) is 0 Å². The van der Waals surface area contributed by atoms with Gasteiger partial charge in [-0.25, -0.2) is 0 Å². The van der Waals surface area contributed by atoms with E-state index in [2.05, 4.69) is 25.7 Å². The van der Waals surface area contributed by atoms with E-state index in [-0.39, 0.29) is 17.8 Å². The van der Waals surface area contributed by atoms with Crippen molar-refractivity contribution in [2.75, 3.05) is 18.2 Å². The maximum absolute atomic E-state index is 12.1. The quantitative estimate of drug-likeness (QED) is 0.512. The van der Waals surface area contributed by atoms with Gasteiger partial charge in [0.2, 0.25) is 11.0 Å². The van der Waals surface area contributed by atoms with E-state index in [4.69, 9.17) is 9.47 Å². The van der Waals surface area contributed by atoms with Crippen LogP contribution in [0.2, 0.25) is 0 Å². The van der Waals surface area contributed by atoms with Crippen LogP contribution >= 0.6 is 23.1 Å². The molecule has 0 aliphatic rings. The van der Waals surface area contributed by atoms with Crippen LogP contribution in [-0.4, -0.2) is 43.7 Å². The number of anilines is 1. The van der Waals surface area contributed by atoms with Crippen molar-refractivity contribution in [2.24, 2.45) is 7.05 Å². The highest BCUT2D eigenvalue weighted by molar-refractivity contribution is 7.99. The molecular weight excluding hydrogens is 412 g/mol. The third-order valence-corrected chi connectivity index (χ3v) is 5.94. The van der Waals surface area contributed by atoms with Gasteiger partial charge in [0.25, 0.3) is 0 Å². The number of aryl methyl sites for hydroxylation is 1. The van der Waals surface area contributed by atoms with E-state index in [1.165, 1.54) is 23.1 Å². The summed E-state index contributed by atoms with van der Waals surface area (Å²) in [5, 5.41) is 21.1. The van der Waals surface area contributed by atoms with Crippen molar-refractivity contribution in [1.29, 1.82) is 0 Å². The summed E-state index contributed by atoms with van der Waals surface area (Å²) in [5.41, 5.74) is 0. The summed E-state index contributed by atoms with van der Waals surface area (Å²) in [6, 6.07) is 7.38. The van der Waals surface area contributed by atoms with Crippen molar-refractivity contribution >= 4 is 34.1 Å². The van der Waals surface area contributed by atoms with E-state index in [1.54, 1.807) is 7.11 Å². The van der Waals surface area contributed by atoms with Gasteiger partial charge < -0.3 is 14.0 Å². The fraction of sp³-hybridized carbons (Fsp3) is 0.389. The Labute approximate surface area is 176 Å².